The van der Waals surface area contributed by atoms with Gasteiger partial charge in [0.2, 0.25) is 0 Å². The van der Waals surface area contributed by atoms with Crippen molar-refractivity contribution in [3.8, 4) is 0 Å². The number of rotatable bonds is 3. The molecule has 1 aromatic carbocycles. The van der Waals surface area contributed by atoms with Gasteiger partial charge < -0.3 is 10.0 Å². The molecular weight excluding hydrogens is 214 g/mol. The highest BCUT2D eigenvalue weighted by atomic mass is 16.4. The molecule has 92 valence electrons. The first-order valence-electron chi connectivity index (χ1n) is 6.16. The van der Waals surface area contributed by atoms with E-state index in [1.807, 2.05) is 19.1 Å². The second-order valence-electron chi connectivity index (χ2n) is 4.85. The van der Waals surface area contributed by atoms with Crippen LogP contribution in [0.1, 0.15) is 41.6 Å². The molecule has 0 aromatic heterocycles. The SMILES string of the molecule is Cc1cc(N(C)C2CCCC2)ccc1C(=O)O. The molecule has 1 N–H and O–H groups in total. The molecule has 0 heterocycles. The fourth-order valence-electron chi connectivity index (χ4n) is 2.61. The molecule has 3 nitrogen and oxygen atoms in total. The van der Waals surface area contributed by atoms with Crippen LogP contribution in [0.3, 0.4) is 0 Å². The third-order valence-electron chi connectivity index (χ3n) is 3.72. The minimum Gasteiger partial charge on any atom is -0.478 e. The summed E-state index contributed by atoms with van der Waals surface area (Å²) in [4.78, 5) is 13.2. The molecule has 1 aromatic rings. The minimum absolute atomic E-state index is 0.397. The molecule has 0 spiro atoms. The van der Waals surface area contributed by atoms with Crippen molar-refractivity contribution in [1.29, 1.82) is 0 Å². The van der Waals surface area contributed by atoms with Crippen LogP contribution >= 0.6 is 0 Å². The Bertz CT molecular complexity index is 422. The lowest BCUT2D eigenvalue weighted by atomic mass is 10.1. The van der Waals surface area contributed by atoms with Crippen molar-refractivity contribution in [3.05, 3.63) is 29.3 Å². The monoisotopic (exact) mass is 233 g/mol. The van der Waals surface area contributed by atoms with Crippen molar-refractivity contribution in [3.63, 3.8) is 0 Å². The highest BCUT2D eigenvalue weighted by Gasteiger charge is 2.20. The summed E-state index contributed by atoms with van der Waals surface area (Å²) in [6.45, 7) is 1.86. The van der Waals surface area contributed by atoms with E-state index in [0.717, 1.165) is 11.3 Å². The standard InChI is InChI=1S/C14H19NO2/c1-10-9-12(7-8-13(10)14(16)17)15(2)11-5-3-4-6-11/h7-9,11H,3-6H2,1-2H3,(H,16,17). The Morgan fingerprint density at radius 1 is 1.35 bits per heavy atom. The number of carboxylic acid groups (broad SMARTS) is 1. The molecule has 0 radical (unpaired) electrons. The smallest absolute Gasteiger partial charge is 0.335 e. The number of anilines is 1. The maximum atomic E-state index is 10.9. The van der Waals surface area contributed by atoms with Crippen LogP contribution in [0.5, 0.6) is 0 Å². The Morgan fingerprint density at radius 2 is 2.00 bits per heavy atom. The normalized spacial score (nSPS) is 16.1. The van der Waals surface area contributed by atoms with Crippen molar-refractivity contribution in [2.45, 2.75) is 38.6 Å². The van der Waals surface area contributed by atoms with Crippen molar-refractivity contribution in [2.24, 2.45) is 0 Å². The molecule has 0 unspecified atom stereocenters. The third-order valence-corrected chi connectivity index (χ3v) is 3.72. The minimum atomic E-state index is -0.849. The average molecular weight is 233 g/mol. The van der Waals surface area contributed by atoms with Crippen molar-refractivity contribution in [1.82, 2.24) is 0 Å². The molecule has 0 amide bonds. The molecule has 3 heteroatoms. The van der Waals surface area contributed by atoms with Gasteiger partial charge in [0.1, 0.15) is 0 Å². The molecule has 0 bridgehead atoms. The fraction of sp³-hybridized carbons (Fsp3) is 0.500. The fourth-order valence-corrected chi connectivity index (χ4v) is 2.61. The van der Waals surface area contributed by atoms with Gasteiger partial charge in [-0.15, -0.1) is 0 Å². The molecule has 17 heavy (non-hydrogen) atoms. The predicted octanol–water partition coefficient (Wildman–Crippen LogP) is 3.07. The Balaban J connectivity index is 2.21. The molecule has 1 aliphatic carbocycles. The zero-order chi connectivity index (χ0) is 12.4. The topological polar surface area (TPSA) is 40.5 Å². The molecule has 0 saturated heterocycles. The third kappa shape index (κ3) is 2.43. The van der Waals surface area contributed by atoms with Gasteiger partial charge in [-0.3, -0.25) is 0 Å². The molecule has 1 fully saturated rings. The lowest BCUT2D eigenvalue weighted by molar-refractivity contribution is 0.0696. The van der Waals surface area contributed by atoms with Gasteiger partial charge in [0.25, 0.3) is 0 Å². The number of carbonyl (C=O) groups is 1. The van der Waals surface area contributed by atoms with Crippen LogP contribution in [0.2, 0.25) is 0 Å². The van der Waals surface area contributed by atoms with Crippen molar-refractivity contribution >= 4 is 11.7 Å². The number of hydrogen-bond acceptors (Lipinski definition) is 2. The van der Waals surface area contributed by atoms with E-state index in [1.54, 1.807) is 6.07 Å². The van der Waals surface area contributed by atoms with E-state index in [9.17, 15) is 4.79 Å². The molecule has 1 saturated carbocycles. The van der Waals surface area contributed by atoms with Gasteiger partial charge in [-0.2, -0.15) is 0 Å². The number of carboxylic acids is 1. The second kappa shape index (κ2) is 4.78. The Kier molecular flexibility index (Phi) is 3.36. The first-order valence-corrected chi connectivity index (χ1v) is 6.16. The van der Waals surface area contributed by atoms with E-state index in [2.05, 4.69) is 11.9 Å². The first-order chi connectivity index (χ1) is 8.09. The van der Waals surface area contributed by atoms with Crippen LogP contribution in [0.15, 0.2) is 18.2 Å². The predicted molar refractivity (Wildman–Crippen MR) is 68.8 cm³/mol. The summed E-state index contributed by atoms with van der Waals surface area (Å²) < 4.78 is 0. The molecule has 0 aliphatic heterocycles. The number of aryl methyl sites for hydroxylation is 1. The van der Waals surface area contributed by atoms with Gasteiger partial charge in [-0.25, -0.2) is 4.79 Å². The van der Waals surface area contributed by atoms with E-state index in [-0.39, 0.29) is 0 Å². The lowest BCUT2D eigenvalue weighted by Gasteiger charge is -2.27. The summed E-state index contributed by atoms with van der Waals surface area (Å²) in [6.07, 6.45) is 5.11. The van der Waals surface area contributed by atoms with Crippen LogP contribution in [0, 0.1) is 6.92 Å². The molecule has 0 atom stereocenters. The summed E-state index contributed by atoms with van der Waals surface area (Å²) >= 11 is 0. The van der Waals surface area contributed by atoms with Crippen molar-refractivity contribution in [2.75, 3.05) is 11.9 Å². The Hall–Kier alpha value is -1.51. The summed E-state index contributed by atoms with van der Waals surface area (Å²) in [5.74, 6) is -0.849. The van der Waals surface area contributed by atoms with Crippen LogP contribution in [-0.4, -0.2) is 24.2 Å². The van der Waals surface area contributed by atoms with Crippen LogP contribution in [0.4, 0.5) is 5.69 Å². The molecule has 2 rings (SSSR count). The summed E-state index contributed by atoms with van der Waals surface area (Å²) in [6, 6.07) is 6.21. The quantitative estimate of drug-likeness (QED) is 0.872. The first kappa shape index (κ1) is 12.0. The van der Waals surface area contributed by atoms with Gasteiger partial charge in [-0.05, 0) is 43.5 Å². The lowest BCUT2D eigenvalue weighted by Crippen LogP contribution is -2.28. The highest BCUT2D eigenvalue weighted by molar-refractivity contribution is 5.89. The van der Waals surface area contributed by atoms with E-state index in [0.29, 0.717) is 11.6 Å². The van der Waals surface area contributed by atoms with Crippen LogP contribution in [0.25, 0.3) is 0 Å². The van der Waals surface area contributed by atoms with E-state index in [1.165, 1.54) is 25.7 Å². The van der Waals surface area contributed by atoms with Gasteiger partial charge in [-0.1, -0.05) is 12.8 Å². The summed E-state index contributed by atoms with van der Waals surface area (Å²) in [5, 5.41) is 8.99. The van der Waals surface area contributed by atoms with Gasteiger partial charge in [0.15, 0.2) is 0 Å². The number of hydrogen-bond donors (Lipinski definition) is 1. The van der Waals surface area contributed by atoms with Crippen LogP contribution < -0.4 is 4.90 Å². The average Bonchev–Trinajstić information content (AvgIpc) is 2.80. The van der Waals surface area contributed by atoms with Crippen molar-refractivity contribution < 1.29 is 9.90 Å². The van der Waals surface area contributed by atoms with Gasteiger partial charge >= 0.3 is 5.97 Å². The van der Waals surface area contributed by atoms with Gasteiger partial charge in [0.05, 0.1) is 5.56 Å². The zero-order valence-corrected chi connectivity index (χ0v) is 10.4. The Morgan fingerprint density at radius 3 is 2.53 bits per heavy atom. The zero-order valence-electron chi connectivity index (χ0n) is 10.4. The summed E-state index contributed by atoms with van der Waals surface area (Å²) in [7, 11) is 2.10. The number of benzene rings is 1. The van der Waals surface area contributed by atoms with E-state index in [4.69, 9.17) is 5.11 Å². The number of nitrogens with zero attached hydrogens (tertiary/aromatic N) is 1. The summed E-state index contributed by atoms with van der Waals surface area (Å²) in [5.41, 5.74) is 2.35. The largest absolute Gasteiger partial charge is 0.478 e. The van der Waals surface area contributed by atoms with E-state index >= 15 is 0 Å². The molecule has 1 aliphatic rings. The Labute approximate surface area is 102 Å². The maximum absolute atomic E-state index is 10.9. The maximum Gasteiger partial charge on any atom is 0.335 e. The van der Waals surface area contributed by atoms with E-state index < -0.39 is 5.97 Å². The number of aromatic carboxylic acids is 1. The van der Waals surface area contributed by atoms with Crippen LogP contribution in [-0.2, 0) is 0 Å². The highest BCUT2D eigenvalue weighted by Crippen LogP contribution is 2.28. The van der Waals surface area contributed by atoms with Gasteiger partial charge in [0, 0.05) is 18.8 Å². The second-order valence-corrected chi connectivity index (χ2v) is 4.85. The molecular formula is C14H19NO2.